The smallest absolute Gasteiger partial charge is 0.416 e. The minimum Gasteiger partial charge on any atom is -0.473 e. The molecule has 0 amide bonds. The maximum Gasteiger partial charge on any atom is 0.416 e. The zero-order chi connectivity index (χ0) is 18.1. The topological polar surface area (TPSA) is 59.5 Å². The molecule has 0 N–H and O–H groups in total. The van der Waals surface area contributed by atoms with Crippen molar-refractivity contribution in [3.05, 3.63) is 54.2 Å². The number of ether oxygens (including phenoxy) is 1. The van der Waals surface area contributed by atoms with Crippen LogP contribution in [0, 0.1) is 0 Å². The minimum absolute atomic E-state index is 0.0646. The Morgan fingerprint density at radius 3 is 2.56 bits per heavy atom. The highest BCUT2D eigenvalue weighted by molar-refractivity contribution is 7.89. The second-order valence-electron chi connectivity index (χ2n) is 5.59. The second-order valence-corrected chi connectivity index (χ2v) is 7.52. The Morgan fingerprint density at radius 2 is 1.88 bits per heavy atom. The molecular weight excluding hydrogens is 357 g/mol. The third-order valence-electron chi connectivity index (χ3n) is 3.84. The highest BCUT2D eigenvalue weighted by atomic mass is 32.2. The highest BCUT2D eigenvalue weighted by Gasteiger charge is 2.35. The Hall–Kier alpha value is -2.13. The van der Waals surface area contributed by atoms with E-state index >= 15 is 0 Å². The van der Waals surface area contributed by atoms with Crippen LogP contribution in [-0.2, 0) is 16.2 Å². The summed E-state index contributed by atoms with van der Waals surface area (Å²) in [5, 5.41) is 0. The molecule has 0 spiro atoms. The van der Waals surface area contributed by atoms with Crippen LogP contribution in [0.2, 0.25) is 0 Å². The number of nitrogens with zero attached hydrogens (tertiary/aromatic N) is 2. The summed E-state index contributed by atoms with van der Waals surface area (Å²) >= 11 is 0. The predicted octanol–water partition coefficient (Wildman–Crippen LogP) is 2.94. The van der Waals surface area contributed by atoms with E-state index in [2.05, 4.69) is 4.98 Å². The van der Waals surface area contributed by atoms with Gasteiger partial charge in [0.15, 0.2) is 0 Å². The summed E-state index contributed by atoms with van der Waals surface area (Å²) < 4.78 is 69.9. The van der Waals surface area contributed by atoms with E-state index in [0.29, 0.717) is 6.42 Å². The van der Waals surface area contributed by atoms with Crippen LogP contribution in [0.5, 0.6) is 5.88 Å². The largest absolute Gasteiger partial charge is 0.473 e. The van der Waals surface area contributed by atoms with Gasteiger partial charge in [0.05, 0.1) is 17.0 Å². The lowest BCUT2D eigenvalue weighted by molar-refractivity contribution is -0.137. The van der Waals surface area contributed by atoms with Crippen molar-refractivity contribution in [2.24, 2.45) is 0 Å². The fourth-order valence-corrected chi connectivity index (χ4v) is 4.08. The summed E-state index contributed by atoms with van der Waals surface area (Å²) in [5.74, 6) is -0.168. The van der Waals surface area contributed by atoms with Crippen molar-refractivity contribution in [3.63, 3.8) is 0 Å². The Bertz CT molecular complexity index is 841. The molecule has 1 aromatic carbocycles. The summed E-state index contributed by atoms with van der Waals surface area (Å²) in [5.41, 5.74) is -0.857. The molecule has 5 nitrogen and oxygen atoms in total. The SMILES string of the molecule is O=S(=O)(c1ccccc1)N1CC[C@@H](Oc2cc(C(F)(F)F)ccn2)C1. The number of rotatable bonds is 4. The average molecular weight is 372 g/mol. The van der Waals surface area contributed by atoms with Crippen molar-refractivity contribution in [1.82, 2.24) is 9.29 Å². The van der Waals surface area contributed by atoms with Gasteiger partial charge in [0.2, 0.25) is 15.9 Å². The normalized spacial score (nSPS) is 19.1. The predicted molar refractivity (Wildman–Crippen MR) is 83.5 cm³/mol. The molecule has 1 atom stereocenters. The molecule has 0 unspecified atom stereocenters. The quantitative estimate of drug-likeness (QED) is 0.828. The maximum absolute atomic E-state index is 12.7. The molecule has 0 radical (unpaired) electrons. The first kappa shape index (κ1) is 17.7. The Labute approximate surface area is 143 Å². The molecule has 1 aliphatic heterocycles. The maximum atomic E-state index is 12.7. The molecule has 9 heteroatoms. The van der Waals surface area contributed by atoms with E-state index in [9.17, 15) is 21.6 Å². The van der Waals surface area contributed by atoms with Gasteiger partial charge in [-0.15, -0.1) is 0 Å². The number of halogens is 3. The summed E-state index contributed by atoms with van der Waals surface area (Å²) in [6.45, 7) is 0.302. The first-order valence-electron chi connectivity index (χ1n) is 7.52. The van der Waals surface area contributed by atoms with Gasteiger partial charge in [0.1, 0.15) is 6.10 Å². The summed E-state index contributed by atoms with van der Waals surface area (Å²) in [6.07, 6.45) is -3.64. The Morgan fingerprint density at radius 1 is 1.16 bits per heavy atom. The molecule has 0 aliphatic carbocycles. The zero-order valence-corrected chi connectivity index (χ0v) is 13.8. The van der Waals surface area contributed by atoms with Crippen LogP contribution in [0.15, 0.2) is 53.6 Å². The van der Waals surface area contributed by atoms with Crippen LogP contribution in [0.3, 0.4) is 0 Å². The molecule has 0 bridgehead atoms. The van der Waals surface area contributed by atoms with Crippen molar-refractivity contribution in [2.75, 3.05) is 13.1 Å². The average Bonchev–Trinajstić information content (AvgIpc) is 3.04. The minimum atomic E-state index is -4.49. The Kier molecular flexibility index (Phi) is 4.70. The number of pyridine rings is 1. The highest BCUT2D eigenvalue weighted by Crippen LogP contribution is 2.31. The molecule has 25 heavy (non-hydrogen) atoms. The van der Waals surface area contributed by atoms with Gasteiger partial charge in [-0.2, -0.15) is 17.5 Å². The molecule has 1 fully saturated rings. The van der Waals surface area contributed by atoms with Crippen molar-refractivity contribution in [2.45, 2.75) is 23.6 Å². The van der Waals surface area contributed by atoms with Gasteiger partial charge in [-0.3, -0.25) is 0 Å². The fraction of sp³-hybridized carbons (Fsp3) is 0.312. The zero-order valence-electron chi connectivity index (χ0n) is 13.0. The van der Waals surface area contributed by atoms with Crippen LogP contribution < -0.4 is 4.74 Å². The molecule has 1 aliphatic rings. The monoisotopic (exact) mass is 372 g/mol. The second kappa shape index (κ2) is 6.64. The summed E-state index contributed by atoms with van der Waals surface area (Å²) in [4.78, 5) is 3.95. The fourth-order valence-electron chi connectivity index (χ4n) is 2.57. The Balaban J connectivity index is 1.70. The third-order valence-corrected chi connectivity index (χ3v) is 5.72. The van der Waals surface area contributed by atoms with Gasteiger partial charge in [0.25, 0.3) is 0 Å². The van der Waals surface area contributed by atoms with Gasteiger partial charge >= 0.3 is 6.18 Å². The van der Waals surface area contributed by atoms with Crippen molar-refractivity contribution >= 4 is 10.0 Å². The van der Waals surface area contributed by atoms with E-state index in [-0.39, 0.29) is 23.9 Å². The van der Waals surface area contributed by atoms with Crippen LogP contribution >= 0.6 is 0 Å². The van der Waals surface area contributed by atoms with E-state index in [4.69, 9.17) is 4.74 Å². The van der Waals surface area contributed by atoms with Gasteiger partial charge < -0.3 is 4.74 Å². The molecule has 2 aromatic rings. The third kappa shape index (κ3) is 3.93. The van der Waals surface area contributed by atoms with Crippen LogP contribution in [0.25, 0.3) is 0 Å². The molecule has 3 rings (SSSR count). The lowest BCUT2D eigenvalue weighted by atomic mass is 10.2. The number of sulfonamides is 1. The van der Waals surface area contributed by atoms with E-state index in [1.807, 2.05) is 0 Å². The molecule has 134 valence electrons. The van der Waals surface area contributed by atoms with Crippen LogP contribution in [0.4, 0.5) is 13.2 Å². The van der Waals surface area contributed by atoms with Crippen LogP contribution in [-0.4, -0.2) is 36.9 Å². The molecule has 0 saturated carbocycles. The lowest BCUT2D eigenvalue weighted by Gasteiger charge is -2.17. The van der Waals surface area contributed by atoms with Crippen LogP contribution in [0.1, 0.15) is 12.0 Å². The van der Waals surface area contributed by atoms with Gasteiger partial charge in [-0.1, -0.05) is 18.2 Å². The number of alkyl halides is 3. The van der Waals surface area contributed by atoms with Crippen molar-refractivity contribution in [3.8, 4) is 5.88 Å². The standard InChI is InChI=1S/C16H15F3N2O3S/c17-16(18,19)12-6-8-20-15(10-12)24-13-7-9-21(11-13)25(22,23)14-4-2-1-3-5-14/h1-6,8,10,13H,7,9,11H2/t13-/m1/s1. The van der Waals surface area contributed by atoms with E-state index in [1.165, 1.54) is 16.4 Å². The summed E-state index contributed by atoms with van der Waals surface area (Å²) in [7, 11) is -3.64. The first-order chi connectivity index (χ1) is 11.8. The summed E-state index contributed by atoms with van der Waals surface area (Å²) in [6, 6.07) is 9.64. The van der Waals surface area contributed by atoms with E-state index in [0.717, 1.165) is 18.3 Å². The van der Waals surface area contributed by atoms with Gasteiger partial charge in [-0.25, -0.2) is 13.4 Å². The van der Waals surface area contributed by atoms with Gasteiger partial charge in [-0.05, 0) is 24.6 Å². The lowest BCUT2D eigenvalue weighted by Crippen LogP contribution is -2.31. The molecule has 1 aromatic heterocycles. The number of hydrogen-bond acceptors (Lipinski definition) is 4. The number of benzene rings is 1. The first-order valence-corrected chi connectivity index (χ1v) is 8.96. The van der Waals surface area contributed by atoms with E-state index in [1.54, 1.807) is 18.2 Å². The van der Waals surface area contributed by atoms with Gasteiger partial charge in [0, 0.05) is 18.8 Å². The van der Waals surface area contributed by atoms with Crippen molar-refractivity contribution in [1.29, 1.82) is 0 Å². The molecular formula is C16H15F3N2O3S. The molecule has 1 saturated heterocycles. The number of aromatic nitrogens is 1. The van der Waals surface area contributed by atoms with E-state index < -0.39 is 27.9 Å². The molecule has 2 heterocycles. The number of hydrogen-bond donors (Lipinski definition) is 0. The van der Waals surface area contributed by atoms with Crippen molar-refractivity contribution < 1.29 is 26.3 Å².